The molecule has 1 aromatic carbocycles. The maximum absolute atomic E-state index is 12.1. The Morgan fingerprint density at radius 3 is 2.58 bits per heavy atom. The minimum atomic E-state index is -1.09. The van der Waals surface area contributed by atoms with Crippen molar-refractivity contribution in [2.75, 3.05) is 18.4 Å². The van der Waals surface area contributed by atoms with Crippen molar-refractivity contribution < 1.29 is 24.3 Å². The van der Waals surface area contributed by atoms with Crippen LogP contribution < -0.4 is 16.0 Å². The summed E-state index contributed by atoms with van der Waals surface area (Å²) in [4.78, 5) is 44.2. The molecule has 0 heterocycles. The Balaban J connectivity index is 2.74. The third-order valence-electron chi connectivity index (χ3n) is 3.14. The zero-order chi connectivity index (χ0) is 19.4. The van der Waals surface area contributed by atoms with Crippen LogP contribution in [0.3, 0.4) is 0 Å². The molecule has 0 bridgehead atoms. The Hall–Kier alpha value is -3.42. The maximum Gasteiger partial charge on any atom is 0.328 e. The van der Waals surface area contributed by atoms with Crippen LogP contribution in [-0.2, 0) is 19.2 Å². The largest absolute Gasteiger partial charge is 0.478 e. The fraction of sp³-hybridized carbons (Fsp3) is 0.222. The minimum absolute atomic E-state index is 0.0305. The number of rotatable bonds is 10. The van der Waals surface area contributed by atoms with Crippen molar-refractivity contribution in [1.29, 1.82) is 0 Å². The molecule has 138 valence electrons. The van der Waals surface area contributed by atoms with E-state index in [1.807, 2.05) is 19.1 Å². The first-order valence-corrected chi connectivity index (χ1v) is 7.87. The summed E-state index contributed by atoms with van der Waals surface area (Å²) in [5, 5.41) is 16.2. The molecular weight excluding hydrogens is 338 g/mol. The molecule has 0 aromatic heterocycles. The third-order valence-corrected chi connectivity index (χ3v) is 3.14. The zero-order valence-electron chi connectivity index (χ0n) is 14.3. The van der Waals surface area contributed by atoms with Crippen LogP contribution in [0.4, 0.5) is 5.69 Å². The fourth-order valence-corrected chi connectivity index (χ4v) is 2.01. The molecule has 0 saturated carbocycles. The first-order chi connectivity index (χ1) is 12.5. The molecule has 0 atom stereocenters. The molecule has 8 nitrogen and oxygen atoms in total. The van der Waals surface area contributed by atoms with Gasteiger partial charge in [-0.2, -0.15) is 0 Å². The van der Waals surface area contributed by atoms with E-state index in [1.54, 1.807) is 18.2 Å². The van der Waals surface area contributed by atoms with Crippen molar-refractivity contribution in [3.63, 3.8) is 0 Å². The average Bonchev–Trinajstić information content (AvgIpc) is 2.59. The van der Waals surface area contributed by atoms with Gasteiger partial charge in [-0.3, -0.25) is 14.4 Å². The van der Waals surface area contributed by atoms with Crippen LogP contribution in [0, 0.1) is 0 Å². The summed E-state index contributed by atoms with van der Waals surface area (Å²) in [5.74, 6) is -1.83. The molecule has 0 unspecified atom stereocenters. The zero-order valence-corrected chi connectivity index (χ0v) is 14.3. The lowest BCUT2D eigenvalue weighted by Gasteiger charge is -2.10. The maximum atomic E-state index is 12.1. The Morgan fingerprint density at radius 2 is 1.92 bits per heavy atom. The van der Waals surface area contributed by atoms with Gasteiger partial charge in [0.2, 0.25) is 18.2 Å². The van der Waals surface area contributed by atoms with Gasteiger partial charge in [0.25, 0.3) is 0 Å². The van der Waals surface area contributed by atoms with Gasteiger partial charge in [-0.25, -0.2) is 4.79 Å². The Labute approximate surface area is 151 Å². The number of amides is 3. The summed E-state index contributed by atoms with van der Waals surface area (Å²) in [6.45, 7) is 1.82. The van der Waals surface area contributed by atoms with E-state index in [2.05, 4.69) is 16.0 Å². The van der Waals surface area contributed by atoms with Gasteiger partial charge in [0, 0.05) is 24.7 Å². The fourth-order valence-electron chi connectivity index (χ4n) is 2.01. The quantitative estimate of drug-likeness (QED) is 0.366. The third kappa shape index (κ3) is 7.91. The van der Waals surface area contributed by atoms with E-state index < -0.39 is 11.9 Å². The molecule has 1 rings (SSSR count). The predicted molar refractivity (Wildman–Crippen MR) is 98.1 cm³/mol. The SMILES string of the molecule is C/C=C/c1ccc(/C=C/C(=O)O)c(NC(=O)CCNC(=O)CNC=O)c1. The number of carbonyl (C=O) groups is 4. The number of aliphatic carboxylic acids is 1. The van der Waals surface area contributed by atoms with E-state index in [0.717, 1.165) is 11.6 Å². The number of hydrogen-bond acceptors (Lipinski definition) is 4. The Morgan fingerprint density at radius 1 is 1.15 bits per heavy atom. The molecule has 0 saturated heterocycles. The van der Waals surface area contributed by atoms with Crippen molar-refractivity contribution in [3.05, 3.63) is 41.5 Å². The van der Waals surface area contributed by atoms with Crippen LogP contribution >= 0.6 is 0 Å². The van der Waals surface area contributed by atoms with Gasteiger partial charge in [0.15, 0.2) is 0 Å². The lowest BCUT2D eigenvalue weighted by atomic mass is 10.1. The molecule has 0 aliphatic heterocycles. The average molecular weight is 359 g/mol. The molecule has 26 heavy (non-hydrogen) atoms. The number of allylic oxidation sites excluding steroid dienone is 1. The van der Waals surface area contributed by atoms with Gasteiger partial charge in [0.05, 0.1) is 6.54 Å². The normalized spacial score (nSPS) is 10.7. The standard InChI is InChI=1S/C18H21N3O5/c1-2-3-13-4-5-14(6-7-18(25)26)15(10-13)21-16(23)8-9-20-17(24)11-19-12-22/h2-7,10,12H,8-9,11H2,1H3,(H,19,22)(H,20,24)(H,21,23)(H,25,26)/b3-2+,7-6+. The smallest absolute Gasteiger partial charge is 0.328 e. The summed E-state index contributed by atoms with van der Waals surface area (Å²) in [6, 6.07) is 5.24. The van der Waals surface area contributed by atoms with E-state index in [9.17, 15) is 19.2 Å². The molecule has 8 heteroatoms. The number of carbonyl (C=O) groups excluding carboxylic acids is 3. The Kier molecular flexibility index (Phi) is 8.88. The van der Waals surface area contributed by atoms with Gasteiger partial charge >= 0.3 is 5.97 Å². The molecule has 0 radical (unpaired) electrons. The highest BCUT2D eigenvalue weighted by Gasteiger charge is 2.08. The highest BCUT2D eigenvalue weighted by atomic mass is 16.4. The lowest BCUT2D eigenvalue weighted by molar-refractivity contribution is -0.131. The summed E-state index contributed by atoms with van der Waals surface area (Å²) in [5.41, 5.74) is 1.87. The predicted octanol–water partition coefficient (Wildman–Crippen LogP) is 1.01. The minimum Gasteiger partial charge on any atom is -0.478 e. The van der Waals surface area contributed by atoms with Gasteiger partial charge in [-0.1, -0.05) is 24.3 Å². The van der Waals surface area contributed by atoms with E-state index in [-0.39, 0.29) is 25.4 Å². The second-order valence-corrected chi connectivity index (χ2v) is 5.17. The number of benzene rings is 1. The van der Waals surface area contributed by atoms with Crippen LogP contribution in [0.15, 0.2) is 30.4 Å². The highest BCUT2D eigenvalue weighted by Crippen LogP contribution is 2.20. The van der Waals surface area contributed by atoms with E-state index >= 15 is 0 Å². The Bertz CT molecular complexity index is 726. The summed E-state index contributed by atoms with van der Waals surface area (Å²) >= 11 is 0. The molecule has 0 spiro atoms. The number of carboxylic acid groups (broad SMARTS) is 1. The van der Waals surface area contributed by atoms with E-state index in [0.29, 0.717) is 17.7 Å². The van der Waals surface area contributed by atoms with Crippen molar-refractivity contribution in [2.24, 2.45) is 0 Å². The van der Waals surface area contributed by atoms with Gasteiger partial charge in [0.1, 0.15) is 0 Å². The van der Waals surface area contributed by atoms with Crippen LogP contribution in [0.25, 0.3) is 12.2 Å². The van der Waals surface area contributed by atoms with Crippen LogP contribution in [0.1, 0.15) is 24.5 Å². The van der Waals surface area contributed by atoms with Crippen LogP contribution in [0.2, 0.25) is 0 Å². The van der Waals surface area contributed by atoms with Gasteiger partial charge in [-0.05, 0) is 30.2 Å². The molecule has 0 aliphatic carbocycles. The molecular formula is C18H21N3O5. The second-order valence-electron chi connectivity index (χ2n) is 5.17. The number of nitrogens with one attached hydrogen (secondary N) is 3. The van der Waals surface area contributed by atoms with Crippen LogP contribution in [0.5, 0.6) is 0 Å². The second kappa shape index (κ2) is 11.2. The van der Waals surface area contributed by atoms with E-state index in [1.165, 1.54) is 6.08 Å². The summed E-state index contributed by atoms with van der Waals surface area (Å²) < 4.78 is 0. The molecule has 4 N–H and O–H groups in total. The molecule has 0 aliphatic rings. The van der Waals surface area contributed by atoms with Crippen molar-refractivity contribution in [2.45, 2.75) is 13.3 Å². The monoisotopic (exact) mass is 359 g/mol. The number of hydrogen-bond donors (Lipinski definition) is 4. The summed E-state index contributed by atoms with van der Waals surface area (Å²) in [6.07, 6.45) is 6.51. The first kappa shape index (κ1) is 20.6. The molecule has 0 fully saturated rings. The van der Waals surface area contributed by atoms with Crippen molar-refractivity contribution in [3.8, 4) is 0 Å². The molecule has 1 aromatic rings. The number of anilines is 1. The first-order valence-electron chi connectivity index (χ1n) is 7.87. The number of carboxylic acids is 1. The van der Waals surface area contributed by atoms with E-state index in [4.69, 9.17) is 5.11 Å². The summed E-state index contributed by atoms with van der Waals surface area (Å²) in [7, 11) is 0. The lowest BCUT2D eigenvalue weighted by Crippen LogP contribution is -2.35. The van der Waals surface area contributed by atoms with Gasteiger partial charge in [-0.15, -0.1) is 0 Å². The molecule has 3 amide bonds. The van der Waals surface area contributed by atoms with Gasteiger partial charge < -0.3 is 21.1 Å². The van der Waals surface area contributed by atoms with Crippen molar-refractivity contribution >= 4 is 42.0 Å². The highest BCUT2D eigenvalue weighted by molar-refractivity contribution is 5.95. The van der Waals surface area contributed by atoms with Crippen molar-refractivity contribution in [1.82, 2.24) is 10.6 Å². The van der Waals surface area contributed by atoms with Crippen LogP contribution in [-0.4, -0.2) is 42.4 Å². The topological polar surface area (TPSA) is 125 Å².